The van der Waals surface area contributed by atoms with Crippen molar-refractivity contribution < 1.29 is 14.7 Å². The predicted octanol–water partition coefficient (Wildman–Crippen LogP) is 2.10. The van der Waals surface area contributed by atoms with Crippen molar-refractivity contribution in [2.24, 2.45) is 0 Å². The van der Waals surface area contributed by atoms with Crippen molar-refractivity contribution in [3.8, 4) is 0 Å². The van der Waals surface area contributed by atoms with Crippen molar-refractivity contribution in [2.75, 3.05) is 0 Å². The van der Waals surface area contributed by atoms with Crippen molar-refractivity contribution >= 4 is 23.4 Å². The van der Waals surface area contributed by atoms with E-state index in [1.54, 1.807) is 24.3 Å². The molecular weight excluding hydrogens is 204 g/mol. The van der Waals surface area contributed by atoms with Gasteiger partial charge in [0.2, 0.25) is 0 Å². The zero-order valence-corrected chi connectivity index (χ0v) is 8.28. The van der Waals surface area contributed by atoms with E-state index in [1.807, 2.05) is 0 Å². The average Bonchev–Trinajstić information content (AvgIpc) is 2.07. The number of hydrogen-bond acceptors (Lipinski definition) is 2. The van der Waals surface area contributed by atoms with Gasteiger partial charge in [0, 0.05) is 5.02 Å². The molecule has 0 radical (unpaired) electrons. The minimum Gasteiger partial charge on any atom is -0.480 e. The van der Waals surface area contributed by atoms with Gasteiger partial charge >= 0.3 is 5.97 Å². The molecule has 1 rings (SSSR count). The highest BCUT2D eigenvalue weighted by Gasteiger charge is 2.26. The number of halogens is 1. The summed E-state index contributed by atoms with van der Waals surface area (Å²) in [6, 6.07) is 6.45. The number of ketones is 1. The van der Waals surface area contributed by atoms with Crippen LogP contribution in [0.2, 0.25) is 5.02 Å². The summed E-state index contributed by atoms with van der Waals surface area (Å²) < 4.78 is 0. The van der Waals surface area contributed by atoms with Gasteiger partial charge in [-0.1, -0.05) is 29.8 Å². The van der Waals surface area contributed by atoms with Gasteiger partial charge in [0.1, 0.15) is 11.7 Å². The van der Waals surface area contributed by atoms with E-state index >= 15 is 0 Å². The van der Waals surface area contributed by atoms with E-state index in [0.717, 1.165) is 0 Å². The number of carboxylic acids is 1. The molecule has 0 amide bonds. The average molecular weight is 213 g/mol. The van der Waals surface area contributed by atoms with Crippen LogP contribution in [-0.2, 0) is 9.59 Å². The molecular formula is C10H9ClO3. The second-order valence-electron chi connectivity index (χ2n) is 2.90. The summed E-state index contributed by atoms with van der Waals surface area (Å²) in [6.45, 7) is 1.24. The van der Waals surface area contributed by atoms with Gasteiger partial charge < -0.3 is 5.11 Å². The highest BCUT2D eigenvalue weighted by atomic mass is 35.5. The van der Waals surface area contributed by atoms with Crippen molar-refractivity contribution in [1.82, 2.24) is 0 Å². The number of carbonyl (C=O) groups is 2. The molecule has 74 valence electrons. The molecule has 14 heavy (non-hydrogen) atoms. The molecule has 3 nitrogen and oxygen atoms in total. The van der Waals surface area contributed by atoms with Gasteiger partial charge in [0.15, 0.2) is 0 Å². The molecule has 0 aliphatic carbocycles. The van der Waals surface area contributed by atoms with Gasteiger partial charge in [-0.3, -0.25) is 9.59 Å². The Balaban J connectivity index is 3.18. The molecule has 0 bridgehead atoms. The molecule has 0 aromatic heterocycles. The normalized spacial score (nSPS) is 12.1. The molecule has 0 spiro atoms. The minimum atomic E-state index is -1.18. The Morgan fingerprint density at radius 2 is 1.93 bits per heavy atom. The second kappa shape index (κ2) is 4.24. The SMILES string of the molecule is CC(=O)C(C(=O)O)c1ccccc1Cl. The van der Waals surface area contributed by atoms with Crippen molar-refractivity contribution in [2.45, 2.75) is 12.8 Å². The van der Waals surface area contributed by atoms with Gasteiger partial charge in [-0.25, -0.2) is 0 Å². The molecule has 1 atom stereocenters. The third-order valence-corrected chi connectivity index (χ3v) is 2.21. The van der Waals surface area contributed by atoms with Crippen molar-refractivity contribution in [1.29, 1.82) is 0 Å². The minimum absolute atomic E-state index is 0.301. The fourth-order valence-electron chi connectivity index (χ4n) is 1.24. The summed E-state index contributed by atoms with van der Waals surface area (Å²) in [7, 11) is 0. The molecule has 0 aliphatic rings. The van der Waals surface area contributed by atoms with Gasteiger partial charge in [-0.2, -0.15) is 0 Å². The maximum atomic E-state index is 11.1. The standard InChI is InChI=1S/C10H9ClO3/c1-6(12)9(10(13)14)7-4-2-3-5-8(7)11/h2-5,9H,1H3,(H,13,14). The first kappa shape index (κ1) is 10.7. The van der Waals surface area contributed by atoms with Crippen LogP contribution in [0.4, 0.5) is 0 Å². The van der Waals surface area contributed by atoms with Crippen LogP contribution in [0.3, 0.4) is 0 Å². The van der Waals surface area contributed by atoms with Crippen LogP contribution in [0.1, 0.15) is 18.4 Å². The first-order chi connectivity index (χ1) is 6.54. The number of benzene rings is 1. The Labute approximate surface area is 86.3 Å². The summed E-state index contributed by atoms with van der Waals surface area (Å²) in [5, 5.41) is 9.14. The van der Waals surface area contributed by atoms with E-state index in [-0.39, 0.29) is 0 Å². The van der Waals surface area contributed by atoms with Gasteiger partial charge in [-0.05, 0) is 18.6 Å². The van der Waals surface area contributed by atoms with Crippen LogP contribution in [0.15, 0.2) is 24.3 Å². The lowest BCUT2D eigenvalue weighted by atomic mass is 9.96. The third-order valence-electron chi connectivity index (χ3n) is 1.87. The molecule has 0 saturated heterocycles. The molecule has 0 fully saturated rings. The van der Waals surface area contributed by atoms with E-state index in [0.29, 0.717) is 10.6 Å². The van der Waals surface area contributed by atoms with E-state index in [1.165, 1.54) is 6.92 Å². The molecule has 1 aromatic rings. The Hall–Kier alpha value is -1.35. The van der Waals surface area contributed by atoms with Crippen LogP contribution < -0.4 is 0 Å². The molecule has 1 aromatic carbocycles. The van der Waals surface area contributed by atoms with Crippen molar-refractivity contribution in [3.05, 3.63) is 34.9 Å². The lowest BCUT2D eigenvalue weighted by Gasteiger charge is -2.10. The molecule has 4 heteroatoms. The number of aliphatic carboxylic acids is 1. The molecule has 0 aliphatic heterocycles. The largest absolute Gasteiger partial charge is 0.480 e. The lowest BCUT2D eigenvalue weighted by molar-refractivity contribution is -0.142. The molecule has 1 N–H and O–H groups in total. The van der Waals surface area contributed by atoms with E-state index in [4.69, 9.17) is 16.7 Å². The Morgan fingerprint density at radius 3 is 2.36 bits per heavy atom. The zero-order valence-electron chi connectivity index (χ0n) is 7.53. The summed E-state index contributed by atoms with van der Waals surface area (Å²) in [5.41, 5.74) is 0.342. The molecule has 1 unspecified atom stereocenters. The van der Waals surface area contributed by atoms with Crippen LogP contribution in [0.5, 0.6) is 0 Å². The Morgan fingerprint density at radius 1 is 1.36 bits per heavy atom. The van der Waals surface area contributed by atoms with Crippen LogP contribution in [0, 0.1) is 0 Å². The summed E-state index contributed by atoms with van der Waals surface area (Å²) in [5.74, 6) is -2.76. The van der Waals surface area contributed by atoms with Gasteiger partial charge in [0.05, 0.1) is 0 Å². The third kappa shape index (κ3) is 2.12. The zero-order chi connectivity index (χ0) is 10.7. The summed E-state index contributed by atoms with van der Waals surface area (Å²) >= 11 is 5.79. The van der Waals surface area contributed by atoms with Gasteiger partial charge in [0.25, 0.3) is 0 Å². The number of rotatable bonds is 3. The Bertz CT molecular complexity index is 359. The van der Waals surface area contributed by atoms with E-state index in [9.17, 15) is 9.59 Å². The molecule has 0 saturated carbocycles. The summed E-state index contributed by atoms with van der Waals surface area (Å²) in [6.07, 6.45) is 0. The Kier molecular flexibility index (Phi) is 3.25. The van der Waals surface area contributed by atoms with E-state index in [2.05, 4.69) is 0 Å². The maximum absolute atomic E-state index is 11.1. The van der Waals surface area contributed by atoms with Crippen molar-refractivity contribution in [3.63, 3.8) is 0 Å². The quantitative estimate of drug-likeness (QED) is 0.781. The smallest absolute Gasteiger partial charge is 0.318 e. The topological polar surface area (TPSA) is 54.4 Å². The van der Waals surface area contributed by atoms with Crippen LogP contribution in [0.25, 0.3) is 0 Å². The molecule has 0 heterocycles. The lowest BCUT2D eigenvalue weighted by Crippen LogP contribution is -2.19. The van der Waals surface area contributed by atoms with Crippen LogP contribution in [-0.4, -0.2) is 16.9 Å². The number of Topliss-reactive ketones (excluding diaryl/α,β-unsaturated/α-hetero) is 1. The predicted molar refractivity (Wildman–Crippen MR) is 52.5 cm³/mol. The maximum Gasteiger partial charge on any atom is 0.318 e. The number of carbonyl (C=O) groups excluding carboxylic acids is 1. The van der Waals surface area contributed by atoms with E-state index < -0.39 is 17.7 Å². The first-order valence-electron chi connectivity index (χ1n) is 4.01. The second-order valence-corrected chi connectivity index (χ2v) is 3.31. The highest BCUT2D eigenvalue weighted by Crippen LogP contribution is 2.25. The number of hydrogen-bond donors (Lipinski definition) is 1. The fraction of sp³-hybridized carbons (Fsp3) is 0.200. The van der Waals surface area contributed by atoms with Gasteiger partial charge in [-0.15, -0.1) is 0 Å². The monoisotopic (exact) mass is 212 g/mol. The highest BCUT2D eigenvalue weighted by molar-refractivity contribution is 6.32. The number of carboxylic acid groups (broad SMARTS) is 1. The summed E-state index contributed by atoms with van der Waals surface area (Å²) in [4.78, 5) is 21.9. The van der Waals surface area contributed by atoms with Crippen LogP contribution >= 0.6 is 11.6 Å². The fourth-order valence-corrected chi connectivity index (χ4v) is 1.48. The first-order valence-corrected chi connectivity index (χ1v) is 4.39.